The van der Waals surface area contributed by atoms with E-state index in [4.69, 9.17) is 9.47 Å². The quantitative estimate of drug-likeness (QED) is 0.0181. The minimum atomic E-state index is -4.39. The molecule has 14 nitrogen and oxygen atoms in total. The first-order valence-electron chi connectivity index (χ1n) is 32.6. The minimum absolute atomic E-state index is 0. The third kappa shape index (κ3) is 12.8. The Morgan fingerprint density at radius 3 is 1.67 bits per heavy atom. The van der Waals surface area contributed by atoms with E-state index in [0.717, 1.165) is 111 Å². The van der Waals surface area contributed by atoms with Crippen LogP contribution in [0.4, 0.5) is 11.4 Å². The fourth-order valence-electron chi connectivity index (χ4n) is 18.2. The van der Waals surface area contributed by atoms with Gasteiger partial charge in [0.2, 0.25) is 5.69 Å². The van der Waals surface area contributed by atoms with Crippen molar-refractivity contribution in [3.05, 3.63) is 166 Å². The van der Waals surface area contributed by atoms with Crippen molar-refractivity contribution in [1.29, 1.82) is 0 Å². The van der Waals surface area contributed by atoms with Gasteiger partial charge in [0.15, 0.2) is 5.71 Å². The Bertz CT molecular complexity index is 3870. The fraction of sp³-hybridized carbons (Fsp3) is 0.521. The van der Waals surface area contributed by atoms with E-state index in [1.54, 1.807) is 12.1 Å². The molecular formula is C73H87N2NaO12S2. The second kappa shape index (κ2) is 25.7. The van der Waals surface area contributed by atoms with Gasteiger partial charge in [0, 0.05) is 59.0 Å². The number of carbonyl (C=O) groups excluding carboxylic acids is 2. The molecule has 0 saturated heterocycles. The summed E-state index contributed by atoms with van der Waals surface area (Å²) in [5.74, 6) is 2.26. The van der Waals surface area contributed by atoms with E-state index >= 15 is 0 Å². The number of hydrogen-bond acceptors (Lipinski definition) is 13. The van der Waals surface area contributed by atoms with Crippen LogP contribution in [-0.2, 0) is 43.9 Å². The largest absolute Gasteiger partial charge is 1.00 e. The molecular weight excluding hydrogens is 1180 g/mol. The van der Waals surface area contributed by atoms with Crippen molar-refractivity contribution in [3.8, 4) is 11.5 Å². The number of anilines is 1. The van der Waals surface area contributed by atoms with Gasteiger partial charge < -0.3 is 33.7 Å². The molecule has 8 aliphatic rings. The smallest absolute Gasteiger partial charge is 0.748 e. The Hall–Kier alpha value is -5.01. The van der Waals surface area contributed by atoms with Crippen LogP contribution in [0.3, 0.4) is 0 Å². The number of nitrogens with zero attached hydrogens (tertiary/aromatic N) is 2. The maximum Gasteiger partial charge on any atom is 1.00 e. The van der Waals surface area contributed by atoms with Gasteiger partial charge >= 0.3 is 41.5 Å². The number of esters is 2. The van der Waals surface area contributed by atoms with Crippen LogP contribution in [0, 0.1) is 34.5 Å². The van der Waals surface area contributed by atoms with Crippen molar-refractivity contribution in [2.45, 2.75) is 179 Å². The van der Waals surface area contributed by atoms with Crippen molar-refractivity contribution in [1.82, 2.24) is 0 Å². The zero-order chi connectivity index (χ0) is 63.0. The zero-order valence-corrected chi connectivity index (χ0v) is 57.1. The van der Waals surface area contributed by atoms with E-state index in [1.165, 1.54) is 22.3 Å². The molecule has 2 aliphatic heterocycles. The summed E-state index contributed by atoms with van der Waals surface area (Å²) in [7, 11) is -8.77. The fourth-order valence-corrected chi connectivity index (χ4v) is 19.3. The van der Waals surface area contributed by atoms with E-state index in [-0.39, 0.29) is 65.4 Å². The molecule has 2 heterocycles. The summed E-state index contributed by atoms with van der Waals surface area (Å²) in [5, 5.41) is 21.8. The van der Waals surface area contributed by atoms with Crippen LogP contribution in [0.15, 0.2) is 121 Å². The number of aryl methyl sites for hydroxylation is 2. The van der Waals surface area contributed by atoms with Gasteiger partial charge in [-0.15, -0.1) is 0 Å². The number of hydrogen-bond donors (Lipinski definition) is 2. The Morgan fingerprint density at radius 2 is 1.11 bits per heavy atom. The van der Waals surface area contributed by atoms with Gasteiger partial charge in [-0.3, -0.25) is 0 Å². The third-order valence-corrected chi connectivity index (χ3v) is 24.6. The molecule has 0 bridgehead atoms. The van der Waals surface area contributed by atoms with Crippen molar-refractivity contribution in [2.75, 3.05) is 29.5 Å². The van der Waals surface area contributed by atoms with Gasteiger partial charge in [0.1, 0.15) is 18.0 Å². The first-order chi connectivity index (χ1) is 42.2. The van der Waals surface area contributed by atoms with E-state index in [0.29, 0.717) is 84.1 Å². The van der Waals surface area contributed by atoms with Crippen molar-refractivity contribution in [3.63, 3.8) is 0 Å². The number of rotatable bonds is 18. The SMILES string of the molecule is CC1(C)C(/C=C/C=C/C=C/C=C2\N(CCCCS(=O)(=O)[O-])c3ccc(C(=O)Oc4ccc5c(c4)CCC4C5CC[C@@]5(C)C4CC[C@@H]5O)cc3C2(C)C)=[N+](CCCCS(=O)(=O)[O-])c2ccc(C(=O)Oc3ccc4c(c3)CCC3C4CC[C@@]4(C)C3CC[C@@H]4O)cc21.[Na+]. The summed E-state index contributed by atoms with van der Waals surface area (Å²) in [5.41, 5.74) is 10.2. The van der Waals surface area contributed by atoms with Gasteiger partial charge in [0.05, 0.1) is 49.0 Å². The van der Waals surface area contributed by atoms with Crippen molar-refractivity contribution >= 4 is 49.3 Å². The van der Waals surface area contributed by atoms with Crippen molar-refractivity contribution in [2.24, 2.45) is 34.5 Å². The average molecular weight is 1270 g/mol. The Morgan fingerprint density at radius 1 is 0.600 bits per heavy atom. The molecule has 12 rings (SSSR count). The Kier molecular flexibility index (Phi) is 19.0. The van der Waals surface area contributed by atoms with Gasteiger partial charge in [-0.2, -0.15) is 4.58 Å². The third-order valence-electron chi connectivity index (χ3n) is 23.0. The number of allylic oxidation sites excluding steroid dienone is 8. The van der Waals surface area contributed by atoms with Crippen LogP contribution in [0.2, 0.25) is 0 Å². The van der Waals surface area contributed by atoms with Crippen LogP contribution in [-0.4, -0.2) is 95.2 Å². The second-order valence-corrected chi connectivity index (χ2v) is 31.7. The standard InChI is InChI=1S/C73H88N2O12S2.Na/c1-70(2)60-44-48(68(78)86-50-22-26-52-46(42-50)18-24-56-54(52)34-36-72(5)58(56)28-32-66(72)76)20-30-62(60)74(38-12-14-40-88(80,81)82)64(70)16-10-8-7-9-11-17-65-71(3,4)61-45-49(21-31-63(61)75(65)39-13-15-41-89(83,84)85)69(79)87-51-23-27-53-47(43-51)19-25-57-55(53)35-37-73(6)59(57)29-33-67(73)77;/h7-11,16-17,20-23,26-27,30-31,42-45,54-59,66-67,76-77H,12-15,18-19,24-25,28-29,32-41H2,1-6H3,(H-,80,81,82,83,84,85);/q;+1/p-1/t54?,55?,56?,57?,58?,59?,66-,67-,72-,73-;/m0./s1. The van der Waals surface area contributed by atoms with Gasteiger partial charge in [-0.1, -0.05) is 70.2 Å². The summed E-state index contributed by atoms with van der Waals surface area (Å²) < 4.78 is 83.9. The predicted molar refractivity (Wildman–Crippen MR) is 343 cm³/mol. The monoisotopic (exact) mass is 1270 g/mol. The van der Waals surface area contributed by atoms with Crippen LogP contribution < -0.4 is 43.9 Å². The number of benzene rings is 4. The van der Waals surface area contributed by atoms with Gasteiger partial charge in [-0.05, 0) is 245 Å². The van der Waals surface area contributed by atoms with Gasteiger partial charge in [0.25, 0.3) is 0 Å². The molecule has 4 aromatic carbocycles. The predicted octanol–water partition coefficient (Wildman–Crippen LogP) is 9.94. The number of aliphatic hydroxyl groups excluding tert-OH is 2. The van der Waals surface area contributed by atoms with Gasteiger partial charge in [-0.25, -0.2) is 26.4 Å². The molecule has 6 aliphatic carbocycles. The van der Waals surface area contributed by atoms with Crippen LogP contribution in [0.5, 0.6) is 11.5 Å². The summed E-state index contributed by atoms with van der Waals surface area (Å²) in [4.78, 5) is 30.2. The molecule has 10 atom stereocenters. The molecule has 4 fully saturated rings. The molecule has 474 valence electrons. The van der Waals surface area contributed by atoms with E-state index < -0.39 is 54.5 Å². The molecule has 0 spiro atoms. The molecule has 0 amide bonds. The maximum atomic E-state index is 14.0. The molecule has 90 heavy (non-hydrogen) atoms. The summed E-state index contributed by atoms with van der Waals surface area (Å²) in [6.07, 6.45) is 26.5. The topological polar surface area (TPSA) is 214 Å². The van der Waals surface area contributed by atoms with E-state index in [9.17, 15) is 45.7 Å². The van der Waals surface area contributed by atoms with Crippen LogP contribution in [0.25, 0.3) is 0 Å². The zero-order valence-electron chi connectivity index (χ0n) is 53.4. The molecule has 17 heteroatoms. The number of unbranched alkanes of at least 4 members (excludes halogenated alkanes) is 2. The normalized spacial score (nSPS) is 29.1. The molecule has 4 aromatic rings. The minimum Gasteiger partial charge on any atom is -0.748 e. The number of ether oxygens (including phenoxy) is 2. The first kappa shape index (κ1) is 66.4. The summed E-state index contributed by atoms with van der Waals surface area (Å²) in [6.45, 7) is 13.8. The Balaban J connectivity index is 0.00000833. The summed E-state index contributed by atoms with van der Waals surface area (Å²) in [6, 6.07) is 23.4. The van der Waals surface area contributed by atoms with E-state index in [2.05, 4.69) is 63.2 Å². The average Bonchev–Trinajstić information content (AvgIpc) is 1.49. The Labute approximate surface area is 554 Å². The number of fused-ring (bicyclic) bond motifs is 12. The molecule has 2 N–H and O–H groups in total. The molecule has 0 aromatic heterocycles. The number of carbonyl (C=O) groups is 2. The second-order valence-electron chi connectivity index (χ2n) is 28.6. The molecule has 0 radical (unpaired) electrons. The van der Waals surface area contributed by atoms with E-state index in [1.807, 2.05) is 91.1 Å². The van der Waals surface area contributed by atoms with Crippen LogP contribution >= 0.6 is 0 Å². The van der Waals surface area contributed by atoms with Crippen LogP contribution in [0.1, 0.15) is 197 Å². The molecule has 6 unspecified atom stereocenters. The summed E-state index contributed by atoms with van der Waals surface area (Å²) >= 11 is 0. The van der Waals surface area contributed by atoms with Crippen molar-refractivity contribution < 1.29 is 89.3 Å². The molecule has 4 saturated carbocycles. The maximum absolute atomic E-state index is 14.0. The first-order valence-corrected chi connectivity index (χ1v) is 35.8. The number of aliphatic hydroxyl groups is 2.